The summed E-state index contributed by atoms with van der Waals surface area (Å²) in [4.78, 5) is 29.1. The maximum absolute atomic E-state index is 13.4. The molecule has 144 valence electrons. The van der Waals surface area contributed by atoms with Crippen LogP contribution in [0.4, 0.5) is 4.39 Å². The summed E-state index contributed by atoms with van der Waals surface area (Å²) in [6, 6.07) is 12.9. The van der Waals surface area contributed by atoms with E-state index in [1.165, 1.54) is 30.4 Å². The summed E-state index contributed by atoms with van der Waals surface area (Å²) in [6.07, 6.45) is 0.598. The summed E-state index contributed by atoms with van der Waals surface area (Å²) < 4.78 is 18.5. The summed E-state index contributed by atoms with van der Waals surface area (Å²) in [5.41, 5.74) is 1.90. The number of nitrogens with one attached hydrogen (secondary N) is 1. The van der Waals surface area contributed by atoms with Crippen LogP contribution in [0.2, 0.25) is 0 Å². The first-order valence-electron chi connectivity index (χ1n) is 8.72. The minimum absolute atomic E-state index is 0.231. The second-order valence-corrected chi connectivity index (χ2v) is 7.22. The van der Waals surface area contributed by atoms with E-state index < -0.39 is 5.97 Å². The van der Waals surface area contributed by atoms with Crippen LogP contribution in [0.15, 0.2) is 48.5 Å². The molecule has 1 amide bonds. The molecule has 0 aliphatic carbocycles. The molecule has 1 heterocycles. The van der Waals surface area contributed by atoms with Crippen LogP contribution in [0.3, 0.4) is 0 Å². The van der Waals surface area contributed by atoms with Gasteiger partial charge >= 0.3 is 5.97 Å². The number of carbonyl (C=O) groups is 2. The Kier molecular flexibility index (Phi) is 6.16. The largest absolute Gasteiger partial charge is 0.426 e. The molecule has 0 aliphatic heterocycles. The second-order valence-electron chi connectivity index (χ2n) is 6.13. The number of amides is 1. The zero-order valence-electron chi connectivity index (χ0n) is 15.5. The normalized spacial score (nSPS) is 10.5. The smallest absolute Gasteiger partial charge is 0.308 e. The molecule has 0 fully saturated rings. The van der Waals surface area contributed by atoms with Crippen molar-refractivity contribution in [2.24, 2.45) is 0 Å². The molecule has 3 rings (SSSR count). The Labute approximate surface area is 166 Å². The van der Waals surface area contributed by atoms with Gasteiger partial charge < -0.3 is 10.1 Å². The van der Waals surface area contributed by atoms with Gasteiger partial charge in [0.05, 0.1) is 11.3 Å². The van der Waals surface area contributed by atoms with Crippen LogP contribution in [0.25, 0.3) is 10.6 Å². The van der Waals surface area contributed by atoms with Crippen LogP contribution in [0.1, 0.15) is 27.9 Å². The summed E-state index contributed by atoms with van der Waals surface area (Å²) in [6.45, 7) is 3.59. The van der Waals surface area contributed by atoms with Crippen LogP contribution in [0.5, 0.6) is 5.75 Å². The van der Waals surface area contributed by atoms with Crippen molar-refractivity contribution < 1.29 is 18.7 Å². The minimum Gasteiger partial charge on any atom is -0.426 e. The number of ether oxygens (including phenoxy) is 1. The topological polar surface area (TPSA) is 68.3 Å². The van der Waals surface area contributed by atoms with Crippen LogP contribution >= 0.6 is 11.3 Å². The molecule has 0 saturated heterocycles. The number of carbonyl (C=O) groups excluding carboxylic acids is 2. The molecule has 0 radical (unpaired) electrons. The van der Waals surface area contributed by atoms with Crippen LogP contribution in [-0.4, -0.2) is 23.4 Å². The van der Waals surface area contributed by atoms with Gasteiger partial charge in [-0.2, -0.15) is 0 Å². The Balaban J connectivity index is 1.64. The molecule has 7 heteroatoms. The number of rotatable bonds is 6. The van der Waals surface area contributed by atoms with Gasteiger partial charge in [-0.25, -0.2) is 9.37 Å². The highest BCUT2D eigenvalue weighted by Gasteiger charge is 2.14. The fourth-order valence-electron chi connectivity index (χ4n) is 2.69. The quantitative estimate of drug-likeness (QED) is 0.500. The predicted molar refractivity (Wildman–Crippen MR) is 106 cm³/mol. The Morgan fingerprint density at radius 1 is 1.18 bits per heavy atom. The average molecular weight is 398 g/mol. The van der Waals surface area contributed by atoms with Gasteiger partial charge in [0.25, 0.3) is 5.91 Å². The van der Waals surface area contributed by atoms with Gasteiger partial charge in [-0.05, 0) is 31.2 Å². The highest BCUT2D eigenvalue weighted by atomic mass is 32.1. The molecule has 3 aromatic rings. The van der Waals surface area contributed by atoms with E-state index in [0.29, 0.717) is 18.5 Å². The Morgan fingerprint density at radius 3 is 2.71 bits per heavy atom. The Bertz CT molecular complexity index is 1020. The third-order valence-corrected chi connectivity index (χ3v) is 5.25. The number of halogens is 1. The van der Waals surface area contributed by atoms with Gasteiger partial charge in [-0.1, -0.05) is 24.3 Å². The Morgan fingerprint density at radius 2 is 1.96 bits per heavy atom. The lowest BCUT2D eigenvalue weighted by molar-refractivity contribution is -0.131. The first-order chi connectivity index (χ1) is 13.4. The SMILES string of the molecule is CC(=O)Oc1ccccc1C(=O)NCCc1sc(-c2cccc(F)c2)nc1C. The van der Waals surface area contributed by atoms with Gasteiger partial charge in [0, 0.05) is 30.3 Å². The third kappa shape index (κ3) is 4.80. The van der Waals surface area contributed by atoms with Crippen molar-refractivity contribution in [3.63, 3.8) is 0 Å². The third-order valence-electron chi connectivity index (χ3n) is 3.99. The van der Waals surface area contributed by atoms with Gasteiger partial charge in [-0.15, -0.1) is 11.3 Å². The maximum atomic E-state index is 13.4. The highest BCUT2D eigenvalue weighted by molar-refractivity contribution is 7.15. The number of hydrogen-bond donors (Lipinski definition) is 1. The van der Waals surface area contributed by atoms with E-state index in [4.69, 9.17) is 4.74 Å². The van der Waals surface area contributed by atoms with Crippen molar-refractivity contribution in [3.05, 3.63) is 70.5 Å². The number of aromatic nitrogens is 1. The molecule has 5 nitrogen and oxygen atoms in total. The lowest BCUT2D eigenvalue weighted by atomic mass is 10.2. The minimum atomic E-state index is -0.481. The van der Waals surface area contributed by atoms with Gasteiger partial charge in [0.1, 0.15) is 16.6 Å². The molecule has 0 spiro atoms. The number of nitrogens with zero attached hydrogens (tertiary/aromatic N) is 1. The molecule has 1 N–H and O–H groups in total. The molecule has 0 unspecified atom stereocenters. The number of hydrogen-bond acceptors (Lipinski definition) is 5. The Hall–Kier alpha value is -3.06. The van der Waals surface area contributed by atoms with Crippen molar-refractivity contribution in [1.82, 2.24) is 10.3 Å². The number of para-hydroxylation sites is 1. The zero-order chi connectivity index (χ0) is 20.1. The standard InChI is InChI=1S/C21H19FN2O3S/c1-13-19(28-21(24-13)15-6-5-7-16(22)12-15)10-11-23-20(26)17-8-3-4-9-18(17)27-14(2)25/h3-9,12H,10-11H2,1-2H3,(H,23,26). The van der Waals surface area contributed by atoms with Crippen molar-refractivity contribution in [2.75, 3.05) is 6.54 Å². The maximum Gasteiger partial charge on any atom is 0.308 e. The van der Waals surface area contributed by atoms with E-state index in [1.807, 2.05) is 13.0 Å². The molecule has 0 bridgehead atoms. The molecule has 2 aromatic carbocycles. The van der Waals surface area contributed by atoms with Crippen LogP contribution in [-0.2, 0) is 11.2 Å². The van der Waals surface area contributed by atoms with Gasteiger partial charge in [0.15, 0.2) is 0 Å². The fourth-order valence-corrected chi connectivity index (χ4v) is 3.75. The molecule has 0 aliphatic rings. The molecule has 0 saturated carbocycles. The van der Waals surface area contributed by atoms with Crippen molar-refractivity contribution in [3.8, 4) is 16.3 Å². The summed E-state index contributed by atoms with van der Waals surface area (Å²) in [5.74, 6) is -0.866. The van der Waals surface area contributed by atoms with Crippen LogP contribution < -0.4 is 10.1 Å². The first kappa shape index (κ1) is 19.7. The van der Waals surface area contributed by atoms with Crippen molar-refractivity contribution in [2.45, 2.75) is 20.3 Å². The number of thiazole rings is 1. The summed E-state index contributed by atoms with van der Waals surface area (Å²) in [5, 5.41) is 3.58. The fraction of sp³-hybridized carbons (Fsp3) is 0.190. The molecule has 1 aromatic heterocycles. The molecular weight excluding hydrogens is 379 g/mol. The van der Waals surface area contributed by atoms with E-state index in [0.717, 1.165) is 21.1 Å². The summed E-state index contributed by atoms with van der Waals surface area (Å²) in [7, 11) is 0. The highest BCUT2D eigenvalue weighted by Crippen LogP contribution is 2.28. The van der Waals surface area contributed by atoms with E-state index in [-0.39, 0.29) is 17.5 Å². The monoisotopic (exact) mass is 398 g/mol. The van der Waals surface area contributed by atoms with Gasteiger partial charge in [0.2, 0.25) is 0 Å². The molecule has 28 heavy (non-hydrogen) atoms. The van der Waals surface area contributed by atoms with E-state index >= 15 is 0 Å². The number of esters is 1. The molecule has 0 atom stereocenters. The number of aryl methyl sites for hydroxylation is 1. The van der Waals surface area contributed by atoms with Crippen LogP contribution in [0, 0.1) is 12.7 Å². The lowest BCUT2D eigenvalue weighted by Gasteiger charge is -2.09. The van der Waals surface area contributed by atoms with E-state index in [9.17, 15) is 14.0 Å². The zero-order valence-corrected chi connectivity index (χ0v) is 16.3. The van der Waals surface area contributed by atoms with Crippen molar-refractivity contribution in [1.29, 1.82) is 0 Å². The summed E-state index contributed by atoms with van der Waals surface area (Å²) >= 11 is 1.48. The van der Waals surface area contributed by atoms with Gasteiger partial charge in [-0.3, -0.25) is 9.59 Å². The number of benzene rings is 2. The average Bonchev–Trinajstić information content (AvgIpc) is 3.02. The second kappa shape index (κ2) is 8.75. The van der Waals surface area contributed by atoms with E-state index in [2.05, 4.69) is 10.3 Å². The lowest BCUT2D eigenvalue weighted by Crippen LogP contribution is -2.26. The predicted octanol–water partition coefficient (Wildman–Crippen LogP) is 4.16. The van der Waals surface area contributed by atoms with Crippen molar-refractivity contribution >= 4 is 23.2 Å². The van der Waals surface area contributed by atoms with E-state index in [1.54, 1.807) is 30.3 Å². The first-order valence-corrected chi connectivity index (χ1v) is 9.53. The molecular formula is C21H19FN2O3S.